The molecule has 0 unspecified atom stereocenters. The number of aromatic nitrogens is 2. The maximum atomic E-state index is 11.5. The van der Waals surface area contributed by atoms with Gasteiger partial charge in [-0.3, -0.25) is 4.79 Å². The van der Waals surface area contributed by atoms with Gasteiger partial charge in [-0.2, -0.15) is 0 Å². The van der Waals surface area contributed by atoms with Crippen LogP contribution in [0, 0.1) is 12.5 Å². The van der Waals surface area contributed by atoms with Crippen LogP contribution in [-0.4, -0.2) is 21.0 Å². The first kappa shape index (κ1) is 13.3. The van der Waals surface area contributed by atoms with E-state index >= 15 is 0 Å². The lowest BCUT2D eigenvalue weighted by Gasteiger charge is -2.00. The molecule has 21 heavy (non-hydrogen) atoms. The Labute approximate surface area is 123 Å². The molecule has 106 valence electrons. The Morgan fingerprint density at radius 2 is 2.24 bits per heavy atom. The number of rotatable bonds is 3. The van der Waals surface area contributed by atoms with E-state index in [1.165, 1.54) is 0 Å². The van der Waals surface area contributed by atoms with Gasteiger partial charge in [-0.1, -0.05) is 29.5 Å². The standard InChI is InChI=1S/C13H11N5O2S/c1-6-10(12(20)18-14)21-13(15-6)17-9-7-4-2-3-5-8(7)16-11(9)19/h2-5,14,16,19H,1H3,(H,15,17). The number of nitrogens with zero attached hydrogens (tertiary/aromatic N) is 2. The fourth-order valence-corrected chi connectivity index (χ4v) is 2.92. The van der Waals surface area contributed by atoms with Gasteiger partial charge >= 0.3 is 5.91 Å². The molecule has 0 fully saturated rings. The van der Waals surface area contributed by atoms with Crippen molar-refractivity contribution in [2.24, 2.45) is 5.11 Å². The Kier molecular flexibility index (Phi) is 3.15. The molecule has 0 spiro atoms. The molecule has 3 aromatic rings. The number of nitrogens with one attached hydrogen (secondary N) is 3. The molecule has 0 saturated carbocycles. The Morgan fingerprint density at radius 1 is 1.48 bits per heavy atom. The molecule has 1 aromatic carbocycles. The first-order chi connectivity index (χ1) is 10.1. The van der Waals surface area contributed by atoms with Crippen LogP contribution in [0.3, 0.4) is 0 Å². The maximum absolute atomic E-state index is 11.5. The average Bonchev–Trinajstić information content (AvgIpc) is 2.99. The number of aryl methyl sites for hydroxylation is 1. The van der Waals surface area contributed by atoms with Crippen LogP contribution in [0.15, 0.2) is 29.4 Å². The molecule has 0 radical (unpaired) electrons. The lowest BCUT2D eigenvalue weighted by atomic mass is 10.2. The van der Waals surface area contributed by atoms with E-state index in [2.05, 4.69) is 20.4 Å². The van der Waals surface area contributed by atoms with E-state index < -0.39 is 5.91 Å². The second-order valence-corrected chi connectivity index (χ2v) is 5.37. The molecule has 4 N–H and O–H groups in total. The number of benzene rings is 1. The third kappa shape index (κ3) is 2.25. The number of aromatic amines is 1. The number of hydrogen-bond acceptors (Lipinski definition) is 6. The number of H-pyrrole nitrogens is 1. The highest BCUT2D eigenvalue weighted by atomic mass is 32.1. The van der Waals surface area contributed by atoms with Gasteiger partial charge in [-0.15, -0.1) is 5.11 Å². The summed E-state index contributed by atoms with van der Waals surface area (Å²) in [5.41, 5.74) is 8.58. The molecule has 0 aliphatic rings. The fraction of sp³-hybridized carbons (Fsp3) is 0.0769. The van der Waals surface area contributed by atoms with Crippen LogP contribution in [0.25, 0.3) is 10.9 Å². The van der Waals surface area contributed by atoms with Gasteiger partial charge in [0.2, 0.25) is 5.88 Å². The average molecular weight is 301 g/mol. The highest BCUT2D eigenvalue weighted by Gasteiger charge is 2.17. The molecule has 1 amide bonds. The largest absolute Gasteiger partial charge is 0.493 e. The van der Waals surface area contributed by atoms with Crippen LogP contribution in [0.5, 0.6) is 5.88 Å². The molecule has 7 nitrogen and oxygen atoms in total. The molecule has 0 bridgehead atoms. The Morgan fingerprint density at radius 3 is 3.00 bits per heavy atom. The summed E-state index contributed by atoms with van der Waals surface area (Å²) in [6.07, 6.45) is 0. The van der Waals surface area contributed by atoms with Crippen LogP contribution < -0.4 is 5.32 Å². The van der Waals surface area contributed by atoms with Gasteiger partial charge in [0.05, 0.1) is 11.2 Å². The lowest BCUT2D eigenvalue weighted by molar-refractivity contribution is 0.0994. The summed E-state index contributed by atoms with van der Waals surface area (Å²) in [6.45, 7) is 1.68. The summed E-state index contributed by atoms with van der Waals surface area (Å²) in [4.78, 5) is 18.9. The molecule has 2 heterocycles. The quantitative estimate of drug-likeness (QED) is 0.554. The fourth-order valence-electron chi connectivity index (χ4n) is 2.06. The molecule has 0 atom stereocenters. The Bertz CT molecular complexity index is 851. The number of amides is 1. The second kappa shape index (κ2) is 4.98. The SMILES string of the molecule is Cc1nc(Nc2c(O)[nH]c3ccccc23)sc1C(=O)N=N. The van der Waals surface area contributed by atoms with Crippen molar-refractivity contribution in [1.29, 1.82) is 5.53 Å². The van der Waals surface area contributed by atoms with Gasteiger partial charge in [-0.05, 0) is 13.0 Å². The van der Waals surface area contributed by atoms with Crippen molar-refractivity contribution < 1.29 is 9.90 Å². The topological polar surface area (TPSA) is 114 Å². The summed E-state index contributed by atoms with van der Waals surface area (Å²) in [5, 5.41) is 17.2. The zero-order chi connectivity index (χ0) is 15.0. The van der Waals surface area contributed by atoms with Crippen molar-refractivity contribution in [3.8, 4) is 5.88 Å². The predicted molar refractivity (Wildman–Crippen MR) is 79.6 cm³/mol. The van der Waals surface area contributed by atoms with Crippen molar-refractivity contribution in [2.75, 3.05) is 5.32 Å². The summed E-state index contributed by atoms with van der Waals surface area (Å²) < 4.78 is 0. The van der Waals surface area contributed by atoms with Crippen molar-refractivity contribution in [3.63, 3.8) is 0 Å². The molecule has 8 heteroatoms. The number of thiazole rings is 1. The molecule has 0 saturated heterocycles. The minimum atomic E-state index is -0.624. The maximum Gasteiger partial charge on any atom is 0.306 e. The highest BCUT2D eigenvalue weighted by molar-refractivity contribution is 7.17. The summed E-state index contributed by atoms with van der Waals surface area (Å²) in [6, 6.07) is 7.44. The van der Waals surface area contributed by atoms with Crippen LogP contribution >= 0.6 is 11.3 Å². The molecule has 2 aromatic heterocycles. The van der Waals surface area contributed by atoms with E-state index in [9.17, 15) is 9.90 Å². The van der Waals surface area contributed by atoms with Gasteiger partial charge in [-0.25, -0.2) is 10.5 Å². The zero-order valence-electron chi connectivity index (χ0n) is 11.0. The van der Waals surface area contributed by atoms with Crippen LogP contribution in [0.4, 0.5) is 10.8 Å². The van der Waals surface area contributed by atoms with E-state index in [0.29, 0.717) is 21.4 Å². The van der Waals surface area contributed by atoms with Gasteiger partial charge in [0.1, 0.15) is 10.6 Å². The molecule has 0 aliphatic carbocycles. The number of anilines is 2. The van der Waals surface area contributed by atoms with E-state index in [0.717, 1.165) is 22.2 Å². The third-order valence-electron chi connectivity index (χ3n) is 3.01. The first-order valence-corrected chi connectivity index (χ1v) is 6.87. The van der Waals surface area contributed by atoms with Gasteiger partial charge in [0, 0.05) is 5.39 Å². The second-order valence-electron chi connectivity index (χ2n) is 4.37. The first-order valence-electron chi connectivity index (χ1n) is 6.06. The number of carbonyl (C=O) groups excluding carboxylic acids is 1. The normalized spacial score (nSPS) is 10.7. The predicted octanol–water partition coefficient (Wildman–Crippen LogP) is 3.55. The monoisotopic (exact) mass is 301 g/mol. The number of fused-ring (bicyclic) bond motifs is 1. The van der Waals surface area contributed by atoms with E-state index in [1.54, 1.807) is 6.92 Å². The number of hydrogen-bond donors (Lipinski definition) is 4. The van der Waals surface area contributed by atoms with E-state index in [-0.39, 0.29) is 5.88 Å². The van der Waals surface area contributed by atoms with E-state index in [4.69, 9.17) is 5.53 Å². The minimum Gasteiger partial charge on any atom is -0.493 e. The van der Waals surface area contributed by atoms with Crippen LogP contribution in [-0.2, 0) is 0 Å². The zero-order valence-corrected chi connectivity index (χ0v) is 11.8. The Balaban J connectivity index is 2.01. The smallest absolute Gasteiger partial charge is 0.306 e. The van der Waals surface area contributed by atoms with Crippen molar-refractivity contribution >= 4 is 39.0 Å². The van der Waals surface area contributed by atoms with Crippen LogP contribution in [0.2, 0.25) is 0 Å². The van der Waals surface area contributed by atoms with E-state index in [1.807, 2.05) is 24.3 Å². The Hall–Kier alpha value is -2.74. The van der Waals surface area contributed by atoms with Crippen molar-refractivity contribution in [3.05, 3.63) is 34.8 Å². The van der Waals surface area contributed by atoms with Crippen LogP contribution in [0.1, 0.15) is 15.4 Å². The van der Waals surface area contributed by atoms with Gasteiger partial charge in [0.25, 0.3) is 0 Å². The summed E-state index contributed by atoms with van der Waals surface area (Å²) >= 11 is 1.10. The third-order valence-corrected chi connectivity index (χ3v) is 4.07. The number of aromatic hydroxyl groups is 1. The number of para-hydroxylation sites is 1. The molecular weight excluding hydrogens is 290 g/mol. The molecular formula is C13H11N5O2S. The van der Waals surface area contributed by atoms with Crippen molar-refractivity contribution in [2.45, 2.75) is 6.92 Å². The van der Waals surface area contributed by atoms with Gasteiger partial charge in [0.15, 0.2) is 5.13 Å². The number of carbonyl (C=O) groups is 1. The lowest BCUT2D eigenvalue weighted by Crippen LogP contribution is -1.91. The highest BCUT2D eigenvalue weighted by Crippen LogP contribution is 2.36. The summed E-state index contributed by atoms with van der Waals surface area (Å²) in [5.74, 6) is -0.622. The van der Waals surface area contributed by atoms with Crippen molar-refractivity contribution in [1.82, 2.24) is 9.97 Å². The minimum absolute atomic E-state index is 0.00195. The summed E-state index contributed by atoms with van der Waals surface area (Å²) in [7, 11) is 0. The molecule has 3 rings (SSSR count). The van der Waals surface area contributed by atoms with Gasteiger partial charge < -0.3 is 15.4 Å². The molecule has 0 aliphatic heterocycles.